The highest BCUT2D eigenvalue weighted by Gasteiger charge is 2.33. The first kappa shape index (κ1) is 20.2. The number of sulfone groups is 1. The number of hydrogen-bond acceptors (Lipinski definition) is 5. The van der Waals surface area contributed by atoms with Gasteiger partial charge in [0.25, 0.3) is 0 Å². The number of benzene rings is 2. The van der Waals surface area contributed by atoms with Crippen molar-refractivity contribution in [2.75, 3.05) is 6.54 Å². The summed E-state index contributed by atoms with van der Waals surface area (Å²) in [5.41, 5.74) is 0. The Hall–Kier alpha value is -2.56. The van der Waals surface area contributed by atoms with Gasteiger partial charge in [0.05, 0.1) is 16.1 Å². The monoisotopic (exact) mass is 427 g/mol. The standard InChI is InChI=1S/C18H15F2NO5S2/c19-13-3-7-15(8-4-13)27(22,23)18(17-2-1-11-26-17)12-21-28(24,25)16-9-5-14(20)6-10-16/h1-11,18,21H,12H2/t18-/m0/s1. The third kappa shape index (κ3) is 4.29. The van der Waals surface area contributed by atoms with E-state index >= 15 is 0 Å². The summed E-state index contributed by atoms with van der Waals surface area (Å²) in [5, 5.41) is -1.39. The average molecular weight is 427 g/mol. The molecular formula is C18H15F2NO5S2. The molecule has 6 nitrogen and oxygen atoms in total. The van der Waals surface area contributed by atoms with Crippen LogP contribution in [0.2, 0.25) is 0 Å². The van der Waals surface area contributed by atoms with Crippen LogP contribution in [0.25, 0.3) is 0 Å². The van der Waals surface area contributed by atoms with Crippen molar-refractivity contribution in [3.05, 3.63) is 84.3 Å². The first-order valence-electron chi connectivity index (χ1n) is 7.98. The Labute approximate surface area is 160 Å². The van der Waals surface area contributed by atoms with E-state index in [1.165, 1.54) is 18.4 Å². The van der Waals surface area contributed by atoms with E-state index < -0.39 is 43.3 Å². The van der Waals surface area contributed by atoms with Crippen molar-refractivity contribution in [2.24, 2.45) is 0 Å². The molecule has 0 saturated heterocycles. The summed E-state index contributed by atoms with van der Waals surface area (Å²) in [6, 6.07) is 11.1. The Bertz CT molecular complexity index is 1140. The average Bonchev–Trinajstić information content (AvgIpc) is 3.16. The van der Waals surface area contributed by atoms with Gasteiger partial charge >= 0.3 is 0 Å². The number of rotatable bonds is 7. The van der Waals surface area contributed by atoms with Crippen molar-refractivity contribution in [3.63, 3.8) is 0 Å². The van der Waals surface area contributed by atoms with Gasteiger partial charge in [0.15, 0.2) is 9.84 Å². The van der Waals surface area contributed by atoms with E-state index in [2.05, 4.69) is 4.72 Å². The molecule has 1 N–H and O–H groups in total. The summed E-state index contributed by atoms with van der Waals surface area (Å²) in [4.78, 5) is -0.400. The van der Waals surface area contributed by atoms with Gasteiger partial charge in [0.1, 0.15) is 22.6 Å². The predicted molar refractivity (Wildman–Crippen MR) is 96.6 cm³/mol. The first-order chi connectivity index (χ1) is 13.2. The molecule has 0 unspecified atom stereocenters. The Morgan fingerprint density at radius 3 is 1.86 bits per heavy atom. The lowest BCUT2D eigenvalue weighted by Gasteiger charge is -2.17. The summed E-state index contributed by atoms with van der Waals surface area (Å²) in [5.74, 6) is -1.19. The summed E-state index contributed by atoms with van der Waals surface area (Å²) in [6.07, 6.45) is 1.26. The molecule has 2 aromatic carbocycles. The molecule has 1 atom stereocenters. The van der Waals surface area contributed by atoms with Gasteiger partial charge in [0, 0.05) is 6.54 Å². The van der Waals surface area contributed by atoms with Gasteiger partial charge in [-0.15, -0.1) is 0 Å². The SMILES string of the molecule is O=S(=O)(NC[C@@H](c1ccco1)S(=O)(=O)c1ccc(F)cc1)c1ccc(F)cc1. The van der Waals surface area contributed by atoms with Crippen molar-refractivity contribution in [1.82, 2.24) is 4.72 Å². The molecule has 3 rings (SSSR count). The second kappa shape index (κ2) is 7.82. The lowest BCUT2D eigenvalue weighted by atomic mass is 10.3. The fourth-order valence-corrected chi connectivity index (χ4v) is 5.25. The van der Waals surface area contributed by atoms with E-state index in [9.17, 15) is 25.6 Å². The van der Waals surface area contributed by atoms with Gasteiger partial charge in [-0.25, -0.2) is 30.3 Å². The summed E-state index contributed by atoms with van der Waals surface area (Å²) in [7, 11) is -8.19. The molecule has 0 spiro atoms. The van der Waals surface area contributed by atoms with E-state index in [4.69, 9.17) is 4.42 Å². The first-order valence-corrected chi connectivity index (χ1v) is 11.0. The molecule has 28 heavy (non-hydrogen) atoms. The lowest BCUT2D eigenvalue weighted by molar-refractivity contribution is 0.486. The van der Waals surface area contributed by atoms with Gasteiger partial charge in [-0.2, -0.15) is 0 Å². The molecule has 148 valence electrons. The topological polar surface area (TPSA) is 93.4 Å². The van der Waals surface area contributed by atoms with Crippen LogP contribution >= 0.6 is 0 Å². The van der Waals surface area contributed by atoms with Crippen molar-refractivity contribution in [2.45, 2.75) is 15.0 Å². The number of sulfonamides is 1. The van der Waals surface area contributed by atoms with Gasteiger partial charge in [-0.05, 0) is 60.7 Å². The maximum atomic E-state index is 13.1. The largest absolute Gasteiger partial charge is 0.468 e. The molecule has 0 aliphatic rings. The van der Waals surface area contributed by atoms with Gasteiger partial charge in [-0.1, -0.05) is 0 Å². The van der Waals surface area contributed by atoms with E-state index in [0.717, 1.165) is 48.5 Å². The Balaban J connectivity index is 1.91. The van der Waals surface area contributed by atoms with Crippen molar-refractivity contribution in [1.29, 1.82) is 0 Å². The van der Waals surface area contributed by atoms with Crippen LogP contribution in [-0.2, 0) is 19.9 Å². The molecule has 1 heterocycles. The van der Waals surface area contributed by atoms with E-state index in [1.54, 1.807) is 0 Å². The van der Waals surface area contributed by atoms with E-state index in [1.807, 2.05) is 0 Å². The van der Waals surface area contributed by atoms with Gasteiger partial charge < -0.3 is 4.42 Å². The third-order valence-electron chi connectivity index (χ3n) is 3.96. The molecule has 3 aromatic rings. The summed E-state index contributed by atoms with van der Waals surface area (Å²) >= 11 is 0. The molecule has 0 radical (unpaired) electrons. The molecule has 10 heteroatoms. The lowest BCUT2D eigenvalue weighted by Crippen LogP contribution is -2.31. The molecule has 0 bridgehead atoms. The Morgan fingerprint density at radius 2 is 1.36 bits per heavy atom. The Kier molecular flexibility index (Phi) is 5.64. The van der Waals surface area contributed by atoms with E-state index in [0.29, 0.717) is 0 Å². The van der Waals surface area contributed by atoms with Crippen LogP contribution in [-0.4, -0.2) is 23.4 Å². The van der Waals surface area contributed by atoms with Crippen molar-refractivity contribution < 1.29 is 30.0 Å². The van der Waals surface area contributed by atoms with Crippen LogP contribution in [0, 0.1) is 11.6 Å². The van der Waals surface area contributed by atoms with Crippen LogP contribution in [0.5, 0.6) is 0 Å². The quantitative estimate of drug-likeness (QED) is 0.585. The van der Waals surface area contributed by atoms with Crippen molar-refractivity contribution >= 4 is 19.9 Å². The molecule has 0 aliphatic carbocycles. The zero-order chi connectivity index (χ0) is 20.4. The highest BCUT2D eigenvalue weighted by atomic mass is 32.2. The summed E-state index contributed by atoms with van der Waals surface area (Å²) in [6.45, 7) is -0.535. The van der Waals surface area contributed by atoms with Gasteiger partial charge in [-0.3, -0.25) is 0 Å². The van der Waals surface area contributed by atoms with Crippen LogP contribution < -0.4 is 4.72 Å². The van der Waals surface area contributed by atoms with Gasteiger partial charge in [0.2, 0.25) is 10.0 Å². The highest BCUT2D eigenvalue weighted by Crippen LogP contribution is 2.29. The maximum Gasteiger partial charge on any atom is 0.240 e. The van der Waals surface area contributed by atoms with Crippen LogP contribution in [0.4, 0.5) is 8.78 Å². The minimum atomic E-state index is -4.10. The maximum absolute atomic E-state index is 13.1. The zero-order valence-corrected chi connectivity index (χ0v) is 15.9. The molecule has 0 fully saturated rings. The smallest absolute Gasteiger partial charge is 0.240 e. The molecule has 0 amide bonds. The van der Waals surface area contributed by atoms with Crippen LogP contribution in [0.15, 0.2) is 81.1 Å². The van der Waals surface area contributed by atoms with Crippen molar-refractivity contribution in [3.8, 4) is 0 Å². The zero-order valence-electron chi connectivity index (χ0n) is 14.2. The molecular weight excluding hydrogens is 412 g/mol. The second-order valence-corrected chi connectivity index (χ2v) is 9.71. The fourth-order valence-electron chi connectivity index (χ4n) is 2.51. The highest BCUT2D eigenvalue weighted by molar-refractivity contribution is 7.92. The molecule has 0 aliphatic heterocycles. The van der Waals surface area contributed by atoms with Crippen LogP contribution in [0.3, 0.4) is 0 Å². The third-order valence-corrected chi connectivity index (χ3v) is 7.48. The molecule has 1 aromatic heterocycles. The number of halogens is 2. The summed E-state index contributed by atoms with van der Waals surface area (Å²) < 4.78 is 84.3. The number of hydrogen-bond donors (Lipinski definition) is 1. The molecule has 0 saturated carbocycles. The fraction of sp³-hybridized carbons (Fsp3) is 0.111. The number of furan rings is 1. The minimum absolute atomic E-state index is 0.0196. The Morgan fingerprint density at radius 1 is 0.821 bits per heavy atom. The van der Waals surface area contributed by atoms with Crippen LogP contribution in [0.1, 0.15) is 11.0 Å². The minimum Gasteiger partial charge on any atom is -0.468 e. The normalized spacial score (nSPS) is 13.4. The van der Waals surface area contributed by atoms with E-state index in [-0.39, 0.29) is 15.6 Å². The predicted octanol–water partition coefficient (Wildman–Crippen LogP) is 3.05. The second-order valence-electron chi connectivity index (χ2n) is 5.81. The number of nitrogens with one attached hydrogen (secondary N) is 1.